The van der Waals surface area contributed by atoms with Crippen LogP contribution < -0.4 is 5.32 Å². The van der Waals surface area contributed by atoms with Gasteiger partial charge in [0.2, 0.25) is 5.91 Å². The summed E-state index contributed by atoms with van der Waals surface area (Å²) >= 11 is 1.67. The van der Waals surface area contributed by atoms with Gasteiger partial charge in [-0.25, -0.2) is 0 Å². The van der Waals surface area contributed by atoms with Crippen LogP contribution in [0.1, 0.15) is 24.8 Å². The van der Waals surface area contributed by atoms with Crippen LogP contribution >= 0.6 is 11.8 Å². The van der Waals surface area contributed by atoms with Crippen molar-refractivity contribution in [3.63, 3.8) is 0 Å². The lowest BCUT2D eigenvalue weighted by Gasteiger charge is -2.15. The van der Waals surface area contributed by atoms with Gasteiger partial charge in [0.25, 0.3) is 0 Å². The van der Waals surface area contributed by atoms with Crippen LogP contribution in [0.4, 0.5) is 5.69 Å². The summed E-state index contributed by atoms with van der Waals surface area (Å²) in [5.74, 6) is -0.0499. The Labute approximate surface area is 124 Å². The maximum Gasteiger partial charge on any atom is 0.231 e. The molecule has 0 aromatic heterocycles. The summed E-state index contributed by atoms with van der Waals surface area (Å²) in [5.41, 5.74) is 1.92. The van der Waals surface area contributed by atoms with E-state index < -0.39 is 0 Å². The average Bonchev–Trinajstić information content (AvgIpc) is 2.49. The second kappa shape index (κ2) is 7.15. The molecule has 0 spiro atoms. The Morgan fingerprint density at radius 3 is 2.55 bits per heavy atom. The zero-order chi connectivity index (χ0) is 14.4. The molecule has 0 radical (unpaired) electrons. The first kappa shape index (κ1) is 14.7. The molecule has 0 saturated heterocycles. The minimum atomic E-state index is -0.103. The highest BCUT2D eigenvalue weighted by Crippen LogP contribution is 2.23. The van der Waals surface area contributed by atoms with E-state index >= 15 is 0 Å². The molecule has 0 saturated carbocycles. The molecule has 0 bridgehead atoms. The number of benzene rings is 2. The average molecular weight is 285 g/mol. The fourth-order valence-electron chi connectivity index (χ4n) is 2.19. The predicted octanol–water partition coefficient (Wildman–Crippen LogP) is 4.54. The first-order chi connectivity index (χ1) is 9.74. The molecule has 0 fully saturated rings. The van der Waals surface area contributed by atoms with Crippen LogP contribution in [0.5, 0.6) is 0 Å². The molecule has 3 heteroatoms. The maximum absolute atomic E-state index is 12.4. The molecule has 2 aromatic carbocycles. The zero-order valence-corrected chi connectivity index (χ0v) is 12.6. The van der Waals surface area contributed by atoms with E-state index in [1.165, 1.54) is 0 Å². The van der Waals surface area contributed by atoms with Crippen molar-refractivity contribution in [2.45, 2.75) is 24.2 Å². The van der Waals surface area contributed by atoms with E-state index in [4.69, 9.17) is 0 Å². The van der Waals surface area contributed by atoms with Crippen molar-refractivity contribution >= 4 is 23.4 Å². The Bertz CT molecular complexity index is 568. The van der Waals surface area contributed by atoms with Crippen molar-refractivity contribution < 1.29 is 4.79 Å². The number of nitrogens with one attached hydrogen (secondary N) is 1. The van der Waals surface area contributed by atoms with Gasteiger partial charge in [-0.1, -0.05) is 43.3 Å². The molecule has 20 heavy (non-hydrogen) atoms. The highest BCUT2D eigenvalue weighted by Gasteiger charge is 2.18. The number of carbonyl (C=O) groups excluding carboxylic acids is 1. The van der Waals surface area contributed by atoms with Gasteiger partial charge in [0.05, 0.1) is 5.92 Å². The van der Waals surface area contributed by atoms with Gasteiger partial charge in [-0.05, 0) is 36.4 Å². The molecular formula is C17H19NOS. The fraction of sp³-hybridized carbons (Fsp3) is 0.235. The first-order valence-corrected chi connectivity index (χ1v) is 7.97. The molecule has 1 unspecified atom stereocenters. The number of hydrogen-bond donors (Lipinski definition) is 1. The van der Waals surface area contributed by atoms with Gasteiger partial charge in [0.1, 0.15) is 0 Å². The lowest BCUT2D eigenvalue weighted by molar-refractivity contribution is -0.117. The molecule has 2 rings (SSSR count). The number of carbonyl (C=O) groups is 1. The van der Waals surface area contributed by atoms with Gasteiger partial charge < -0.3 is 5.32 Å². The number of hydrogen-bond acceptors (Lipinski definition) is 2. The molecule has 2 nitrogen and oxygen atoms in total. The summed E-state index contributed by atoms with van der Waals surface area (Å²) in [6.45, 7) is 2.04. The van der Waals surface area contributed by atoms with Gasteiger partial charge in [-0.3, -0.25) is 4.79 Å². The van der Waals surface area contributed by atoms with Crippen LogP contribution in [0.25, 0.3) is 0 Å². The summed E-state index contributed by atoms with van der Waals surface area (Å²) in [4.78, 5) is 13.6. The Hall–Kier alpha value is -1.74. The van der Waals surface area contributed by atoms with Crippen LogP contribution in [-0.4, -0.2) is 12.2 Å². The first-order valence-electron chi connectivity index (χ1n) is 6.74. The van der Waals surface area contributed by atoms with Gasteiger partial charge in [0.15, 0.2) is 0 Å². The maximum atomic E-state index is 12.4. The third kappa shape index (κ3) is 3.64. The SMILES string of the molecule is CCC(C(=O)Nc1cccc(SC)c1)c1ccccc1. The summed E-state index contributed by atoms with van der Waals surface area (Å²) in [6, 6.07) is 17.8. The van der Waals surface area contributed by atoms with Crippen molar-refractivity contribution in [1.82, 2.24) is 0 Å². The van der Waals surface area contributed by atoms with Gasteiger partial charge >= 0.3 is 0 Å². The Morgan fingerprint density at radius 1 is 1.15 bits per heavy atom. The van der Waals surface area contributed by atoms with E-state index in [9.17, 15) is 4.79 Å². The quantitative estimate of drug-likeness (QED) is 0.817. The van der Waals surface area contributed by atoms with E-state index in [0.29, 0.717) is 0 Å². The number of rotatable bonds is 5. The van der Waals surface area contributed by atoms with E-state index in [0.717, 1.165) is 22.6 Å². The molecule has 0 aliphatic rings. The standard InChI is InChI=1S/C17H19NOS/c1-3-16(13-8-5-4-6-9-13)17(19)18-14-10-7-11-15(12-14)20-2/h4-12,16H,3H2,1-2H3,(H,18,19). The molecular weight excluding hydrogens is 266 g/mol. The Morgan fingerprint density at radius 2 is 1.90 bits per heavy atom. The Kier molecular flexibility index (Phi) is 5.24. The third-order valence-electron chi connectivity index (χ3n) is 3.26. The van der Waals surface area contributed by atoms with Crippen molar-refractivity contribution in [3.05, 3.63) is 60.2 Å². The monoisotopic (exact) mass is 285 g/mol. The molecule has 0 aliphatic carbocycles. The van der Waals surface area contributed by atoms with Crippen LogP contribution in [0.3, 0.4) is 0 Å². The lowest BCUT2D eigenvalue weighted by Crippen LogP contribution is -2.20. The van der Waals surface area contributed by atoms with Crippen molar-refractivity contribution in [1.29, 1.82) is 0 Å². The summed E-state index contributed by atoms with van der Waals surface area (Å²) < 4.78 is 0. The molecule has 1 amide bonds. The van der Waals surface area contributed by atoms with E-state index in [1.54, 1.807) is 11.8 Å². The fourth-order valence-corrected chi connectivity index (χ4v) is 2.65. The second-order valence-electron chi connectivity index (χ2n) is 4.59. The second-order valence-corrected chi connectivity index (χ2v) is 5.47. The smallest absolute Gasteiger partial charge is 0.231 e. The summed E-state index contributed by atoms with van der Waals surface area (Å²) in [5, 5.41) is 3.01. The predicted molar refractivity (Wildman–Crippen MR) is 86.3 cm³/mol. The molecule has 1 N–H and O–H groups in total. The topological polar surface area (TPSA) is 29.1 Å². The van der Waals surface area contributed by atoms with Crippen LogP contribution in [-0.2, 0) is 4.79 Å². The van der Waals surface area contributed by atoms with Crippen molar-refractivity contribution in [2.24, 2.45) is 0 Å². The minimum absolute atomic E-state index is 0.0527. The molecule has 2 aromatic rings. The van der Waals surface area contributed by atoms with Gasteiger partial charge in [-0.2, -0.15) is 0 Å². The van der Waals surface area contributed by atoms with Crippen molar-refractivity contribution in [2.75, 3.05) is 11.6 Å². The van der Waals surface area contributed by atoms with E-state index in [1.807, 2.05) is 67.8 Å². The summed E-state index contributed by atoms with van der Waals surface area (Å²) in [6.07, 6.45) is 2.82. The van der Waals surface area contributed by atoms with Crippen LogP contribution in [0, 0.1) is 0 Å². The molecule has 104 valence electrons. The third-order valence-corrected chi connectivity index (χ3v) is 3.99. The molecule has 0 heterocycles. The van der Waals surface area contributed by atoms with Crippen LogP contribution in [0.15, 0.2) is 59.5 Å². The molecule has 0 aliphatic heterocycles. The lowest BCUT2D eigenvalue weighted by atomic mass is 9.95. The Balaban J connectivity index is 2.13. The van der Waals surface area contributed by atoms with Gasteiger partial charge in [0, 0.05) is 10.6 Å². The van der Waals surface area contributed by atoms with Gasteiger partial charge in [-0.15, -0.1) is 11.8 Å². The highest BCUT2D eigenvalue weighted by molar-refractivity contribution is 7.98. The molecule has 1 atom stereocenters. The largest absolute Gasteiger partial charge is 0.326 e. The van der Waals surface area contributed by atoms with E-state index in [-0.39, 0.29) is 11.8 Å². The highest BCUT2D eigenvalue weighted by atomic mass is 32.2. The van der Waals surface area contributed by atoms with Crippen LogP contribution in [0.2, 0.25) is 0 Å². The number of anilines is 1. The number of amides is 1. The minimum Gasteiger partial charge on any atom is -0.326 e. The summed E-state index contributed by atoms with van der Waals surface area (Å²) in [7, 11) is 0. The van der Waals surface area contributed by atoms with E-state index in [2.05, 4.69) is 5.32 Å². The zero-order valence-electron chi connectivity index (χ0n) is 11.8. The van der Waals surface area contributed by atoms with Crippen molar-refractivity contribution in [3.8, 4) is 0 Å². The number of thioether (sulfide) groups is 1. The normalized spacial score (nSPS) is 11.9.